The topological polar surface area (TPSA) is 26.0 Å². The van der Waals surface area contributed by atoms with Crippen molar-refractivity contribution in [1.29, 1.82) is 0 Å². The highest BCUT2D eigenvalue weighted by Crippen LogP contribution is 2.20. The van der Waals surface area contributed by atoms with Crippen LogP contribution in [0.4, 0.5) is 5.69 Å². The molecule has 0 aromatic heterocycles. The molecule has 0 heterocycles. The minimum absolute atomic E-state index is 0.890. The number of benzene rings is 2. The van der Waals surface area contributed by atoms with Gasteiger partial charge in [-0.3, -0.25) is 0 Å². The number of halogens is 1. The average Bonchev–Trinajstić information content (AvgIpc) is 2.35. The van der Waals surface area contributed by atoms with Gasteiger partial charge in [-0.2, -0.15) is 0 Å². The lowest BCUT2D eigenvalue weighted by molar-refractivity contribution is 0.822. The van der Waals surface area contributed by atoms with Crippen molar-refractivity contribution in [1.82, 2.24) is 0 Å². The predicted octanol–water partition coefficient (Wildman–Crippen LogP) is 4.21. The van der Waals surface area contributed by atoms with E-state index >= 15 is 0 Å². The summed E-state index contributed by atoms with van der Waals surface area (Å²) in [6, 6.07) is 16.6. The summed E-state index contributed by atoms with van der Waals surface area (Å²) in [5, 5.41) is 0. The Morgan fingerprint density at radius 2 is 1.71 bits per heavy atom. The summed E-state index contributed by atoms with van der Waals surface area (Å²) in [5.74, 6) is 0. The number of rotatable bonds is 4. The first-order valence-electron chi connectivity index (χ1n) is 5.83. The molecule has 0 bridgehead atoms. The normalized spacial score (nSPS) is 10.4. The van der Waals surface area contributed by atoms with Crippen LogP contribution in [0.2, 0.25) is 0 Å². The maximum Gasteiger partial charge on any atom is 0.0347 e. The second-order valence-corrected chi connectivity index (χ2v) is 5.10. The van der Waals surface area contributed by atoms with Gasteiger partial charge in [0.1, 0.15) is 0 Å². The lowest BCUT2D eigenvalue weighted by Gasteiger charge is -2.06. The molecule has 1 nitrogen and oxygen atoms in total. The number of nitrogens with two attached hydrogens (primary N) is 1. The third kappa shape index (κ3) is 3.60. The molecule has 88 valence electrons. The molecule has 0 radical (unpaired) electrons. The van der Waals surface area contributed by atoms with Crippen LogP contribution in [0.5, 0.6) is 0 Å². The van der Waals surface area contributed by atoms with Crippen molar-refractivity contribution in [3.05, 3.63) is 64.1 Å². The van der Waals surface area contributed by atoms with Crippen LogP contribution in [0.3, 0.4) is 0 Å². The molecule has 0 saturated heterocycles. The zero-order chi connectivity index (χ0) is 12.1. The summed E-state index contributed by atoms with van der Waals surface area (Å²) in [5.41, 5.74) is 9.46. The van der Waals surface area contributed by atoms with Crippen LogP contribution < -0.4 is 5.73 Å². The zero-order valence-electron chi connectivity index (χ0n) is 9.70. The van der Waals surface area contributed by atoms with Gasteiger partial charge in [0.2, 0.25) is 0 Å². The maximum atomic E-state index is 5.95. The number of anilines is 1. The Bertz CT molecular complexity index is 480. The highest BCUT2D eigenvalue weighted by Gasteiger charge is 2.00. The van der Waals surface area contributed by atoms with Crippen molar-refractivity contribution in [2.75, 3.05) is 5.73 Å². The van der Waals surface area contributed by atoms with Crippen LogP contribution in [0, 0.1) is 0 Å². The van der Waals surface area contributed by atoms with Crippen molar-refractivity contribution < 1.29 is 0 Å². The molecule has 2 heteroatoms. The quantitative estimate of drug-likeness (QED) is 0.839. The molecule has 0 atom stereocenters. The molecule has 0 aliphatic carbocycles. The monoisotopic (exact) mass is 289 g/mol. The summed E-state index contributed by atoms with van der Waals surface area (Å²) < 4.78 is 1.10. The molecule has 17 heavy (non-hydrogen) atoms. The lowest BCUT2D eigenvalue weighted by atomic mass is 10.0. The van der Waals surface area contributed by atoms with Gasteiger partial charge in [0.15, 0.2) is 0 Å². The minimum atomic E-state index is 0.890. The number of hydrogen-bond acceptors (Lipinski definition) is 1. The van der Waals surface area contributed by atoms with Crippen molar-refractivity contribution in [3.8, 4) is 0 Å². The third-order valence-electron chi connectivity index (χ3n) is 2.86. The van der Waals surface area contributed by atoms with E-state index in [0.29, 0.717) is 0 Å². The van der Waals surface area contributed by atoms with Crippen LogP contribution >= 0.6 is 15.9 Å². The number of aryl methyl sites for hydroxylation is 2. The van der Waals surface area contributed by atoms with Gasteiger partial charge in [0, 0.05) is 10.2 Å². The molecule has 0 aliphatic rings. The van der Waals surface area contributed by atoms with Gasteiger partial charge in [-0.05, 0) is 48.6 Å². The van der Waals surface area contributed by atoms with E-state index in [1.54, 1.807) is 0 Å². The van der Waals surface area contributed by atoms with Gasteiger partial charge in [-0.1, -0.05) is 46.3 Å². The molecular formula is C15H16BrN. The molecule has 0 unspecified atom stereocenters. The summed E-state index contributed by atoms with van der Waals surface area (Å²) >= 11 is 3.48. The largest absolute Gasteiger partial charge is 0.399 e. The fourth-order valence-corrected chi connectivity index (χ4v) is 2.33. The Hall–Kier alpha value is -1.28. The predicted molar refractivity (Wildman–Crippen MR) is 77.0 cm³/mol. The molecule has 2 rings (SSSR count). The second kappa shape index (κ2) is 5.87. The Morgan fingerprint density at radius 3 is 2.47 bits per heavy atom. The summed E-state index contributed by atoms with van der Waals surface area (Å²) in [7, 11) is 0. The Kier molecular flexibility index (Phi) is 4.21. The van der Waals surface area contributed by atoms with Crippen molar-refractivity contribution in [3.63, 3.8) is 0 Å². The Balaban J connectivity index is 1.92. The molecule has 2 aromatic carbocycles. The first-order chi connectivity index (χ1) is 8.25. The smallest absolute Gasteiger partial charge is 0.0347 e. The minimum Gasteiger partial charge on any atom is -0.399 e. The van der Waals surface area contributed by atoms with E-state index in [-0.39, 0.29) is 0 Å². The van der Waals surface area contributed by atoms with Crippen molar-refractivity contribution in [2.24, 2.45) is 0 Å². The van der Waals surface area contributed by atoms with Gasteiger partial charge >= 0.3 is 0 Å². The molecule has 0 spiro atoms. The molecule has 2 N–H and O–H groups in total. The first-order valence-corrected chi connectivity index (χ1v) is 6.63. The van der Waals surface area contributed by atoms with Crippen LogP contribution in [0.15, 0.2) is 53.0 Å². The molecule has 2 aromatic rings. The highest BCUT2D eigenvalue weighted by molar-refractivity contribution is 9.10. The van der Waals surface area contributed by atoms with Crippen LogP contribution in [0.1, 0.15) is 17.5 Å². The first kappa shape index (κ1) is 12.2. The fourth-order valence-electron chi connectivity index (χ4n) is 1.92. The fraction of sp³-hybridized carbons (Fsp3) is 0.200. The standard InChI is InChI=1S/C15H16BrN/c16-14-9-10-15(17)13(11-14)8-4-7-12-5-2-1-3-6-12/h1-3,5-6,9-11H,4,7-8,17H2. The van der Waals surface area contributed by atoms with Gasteiger partial charge in [0.05, 0.1) is 0 Å². The van der Waals surface area contributed by atoms with E-state index in [2.05, 4.69) is 52.3 Å². The van der Waals surface area contributed by atoms with Crippen LogP contribution in [-0.2, 0) is 12.8 Å². The second-order valence-electron chi connectivity index (χ2n) is 4.18. The van der Waals surface area contributed by atoms with Gasteiger partial charge < -0.3 is 5.73 Å². The molecule has 0 aliphatic heterocycles. The van der Waals surface area contributed by atoms with Crippen LogP contribution in [0.25, 0.3) is 0 Å². The number of nitrogen functional groups attached to an aromatic ring is 1. The number of hydrogen-bond donors (Lipinski definition) is 1. The maximum absolute atomic E-state index is 5.95. The Labute approximate surface area is 111 Å². The molecule has 0 fully saturated rings. The molecular weight excluding hydrogens is 274 g/mol. The average molecular weight is 290 g/mol. The zero-order valence-corrected chi connectivity index (χ0v) is 11.3. The van der Waals surface area contributed by atoms with E-state index in [4.69, 9.17) is 5.73 Å². The van der Waals surface area contributed by atoms with E-state index in [1.807, 2.05) is 12.1 Å². The summed E-state index contributed by atoms with van der Waals surface area (Å²) in [6.07, 6.45) is 3.26. The van der Waals surface area contributed by atoms with Gasteiger partial charge in [0.25, 0.3) is 0 Å². The van der Waals surface area contributed by atoms with Crippen molar-refractivity contribution >= 4 is 21.6 Å². The van der Waals surface area contributed by atoms with E-state index in [9.17, 15) is 0 Å². The van der Waals surface area contributed by atoms with E-state index in [0.717, 1.165) is 29.4 Å². The van der Waals surface area contributed by atoms with Crippen molar-refractivity contribution in [2.45, 2.75) is 19.3 Å². The molecule has 0 saturated carbocycles. The third-order valence-corrected chi connectivity index (χ3v) is 3.35. The highest BCUT2D eigenvalue weighted by atomic mass is 79.9. The lowest BCUT2D eigenvalue weighted by Crippen LogP contribution is -1.96. The summed E-state index contributed by atoms with van der Waals surface area (Å²) in [4.78, 5) is 0. The van der Waals surface area contributed by atoms with E-state index < -0.39 is 0 Å². The summed E-state index contributed by atoms with van der Waals surface area (Å²) in [6.45, 7) is 0. The van der Waals surface area contributed by atoms with Crippen LogP contribution in [-0.4, -0.2) is 0 Å². The SMILES string of the molecule is Nc1ccc(Br)cc1CCCc1ccccc1. The van der Waals surface area contributed by atoms with Gasteiger partial charge in [-0.25, -0.2) is 0 Å². The molecule has 0 amide bonds. The van der Waals surface area contributed by atoms with Gasteiger partial charge in [-0.15, -0.1) is 0 Å². The Morgan fingerprint density at radius 1 is 0.941 bits per heavy atom. The van der Waals surface area contributed by atoms with E-state index in [1.165, 1.54) is 11.1 Å².